The van der Waals surface area contributed by atoms with E-state index in [1.807, 2.05) is 12.2 Å². The second-order valence-corrected chi connectivity index (χ2v) is 8.52. The molecule has 1 fully saturated rings. The van der Waals surface area contributed by atoms with Crippen LogP contribution in [-0.4, -0.2) is 0 Å². The van der Waals surface area contributed by atoms with E-state index >= 15 is 0 Å². The van der Waals surface area contributed by atoms with Gasteiger partial charge in [-0.1, -0.05) is 88.4 Å². The summed E-state index contributed by atoms with van der Waals surface area (Å²) >= 11 is 0. The Morgan fingerprint density at radius 1 is 0.955 bits per heavy atom. The van der Waals surface area contributed by atoms with E-state index in [2.05, 4.69) is 70.7 Å². The predicted octanol–water partition coefficient (Wildman–Crippen LogP) is 6.09. The van der Waals surface area contributed by atoms with Gasteiger partial charge < -0.3 is 0 Å². The fourth-order valence-corrected chi connectivity index (χ4v) is 5.03. The first-order chi connectivity index (χ1) is 10.3. The smallest absolute Gasteiger partial charge is 0.0181 e. The molecule has 0 bridgehead atoms. The van der Waals surface area contributed by atoms with E-state index in [1.54, 1.807) is 16.7 Å². The van der Waals surface area contributed by atoms with Crippen LogP contribution >= 0.6 is 0 Å². The molecule has 2 aliphatic carbocycles. The molecule has 1 aromatic rings. The maximum absolute atomic E-state index is 3.79. The Hall–Kier alpha value is -1.56. The van der Waals surface area contributed by atoms with Gasteiger partial charge in [-0.3, -0.25) is 0 Å². The van der Waals surface area contributed by atoms with Crippen molar-refractivity contribution in [3.05, 3.63) is 71.8 Å². The Morgan fingerprint density at radius 2 is 1.64 bits per heavy atom. The van der Waals surface area contributed by atoms with Gasteiger partial charge in [-0.05, 0) is 41.2 Å². The molecule has 0 nitrogen and oxygen atoms in total. The second-order valence-electron chi connectivity index (χ2n) is 8.52. The number of rotatable bonds is 2. The molecule has 116 valence electrons. The summed E-state index contributed by atoms with van der Waals surface area (Å²) in [6.45, 7) is 13.4. The van der Waals surface area contributed by atoms with Crippen LogP contribution in [-0.2, 0) is 10.8 Å². The topological polar surface area (TPSA) is 0 Å². The van der Waals surface area contributed by atoms with Crippen LogP contribution in [0, 0.1) is 5.41 Å². The third-order valence-corrected chi connectivity index (χ3v) is 5.52. The zero-order valence-corrected chi connectivity index (χ0v) is 14.4. The lowest BCUT2D eigenvalue weighted by Crippen LogP contribution is -2.25. The van der Waals surface area contributed by atoms with Crippen molar-refractivity contribution in [1.29, 1.82) is 0 Å². The minimum atomic E-state index is 0.231. The molecule has 3 rings (SSSR count). The Bertz CT molecular complexity index is 654. The highest BCUT2D eigenvalue weighted by Crippen LogP contribution is 2.63. The van der Waals surface area contributed by atoms with Crippen LogP contribution in [0.4, 0.5) is 0 Å². The number of hydrogen-bond donors (Lipinski definition) is 0. The largest absolute Gasteiger partial charge is 0.0991 e. The highest BCUT2D eigenvalue weighted by Gasteiger charge is 2.55. The first-order valence-corrected chi connectivity index (χ1v) is 8.40. The average Bonchev–Trinajstić information content (AvgIpc) is 2.82. The summed E-state index contributed by atoms with van der Waals surface area (Å²) in [5.74, 6) is 0. The van der Waals surface area contributed by atoms with Gasteiger partial charge in [-0.25, -0.2) is 0 Å². The molecule has 1 unspecified atom stereocenters. The Balaban J connectivity index is 2.17. The molecule has 0 aliphatic heterocycles. The molecule has 0 aromatic heterocycles. The summed E-state index contributed by atoms with van der Waals surface area (Å²) in [6.07, 6.45) is 12.1. The highest BCUT2D eigenvalue weighted by molar-refractivity contribution is 5.53. The van der Waals surface area contributed by atoms with Crippen molar-refractivity contribution in [2.75, 3.05) is 0 Å². The average molecular weight is 292 g/mol. The van der Waals surface area contributed by atoms with Crippen molar-refractivity contribution >= 4 is 0 Å². The van der Waals surface area contributed by atoms with Crippen LogP contribution in [0.5, 0.6) is 0 Å². The first kappa shape index (κ1) is 15.3. The molecule has 1 atom stereocenters. The Kier molecular flexibility index (Phi) is 3.47. The summed E-state index contributed by atoms with van der Waals surface area (Å²) in [7, 11) is 0. The number of benzene rings is 1. The lowest BCUT2D eigenvalue weighted by Gasteiger charge is -2.30. The molecule has 1 saturated carbocycles. The van der Waals surface area contributed by atoms with Gasteiger partial charge in [0.25, 0.3) is 0 Å². The van der Waals surface area contributed by atoms with E-state index in [9.17, 15) is 0 Å². The molecule has 0 heteroatoms. The summed E-state index contributed by atoms with van der Waals surface area (Å²) in [5, 5.41) is 0. The number of fused-ring (bicyclic) bond motifs is 2. The Labute approximate surface area is 135 Å². The highest BCUT2D eigenvalue weighted by atomic mass is 14.6. The molecule has 1 aromatic carbocycles. The van der Waals surface area contributed by atoms with Gasteiger partial charge in [0.15, 0.2) is 0 Å². The van der Waals surface area contributed by atoms with Gasteiger partial charge in [0.1, 0.15) is 0 Å². The molecule has 0 amide bonds. The standard InChI is InChI=1S/C22H28/c1-6-7-8-11-17-14-20(2,3)15-22(17)16-21(4,5)18-12-9-10-13-19(18)22/h6-13H,1,14-16H2,2-5H3. The molecule has 2 aliphatic rings. The lowest BCUT2D eigenvalue weighted by atomic mass is 9.73. The third kappa shape index (κ3) is 2.29. The molecule has 1 spiro atoms. The number of hydrogen-bond acceptors (Lipinski definition) is 0. The van der Waals surface area contributed by atoms with E-state index in [0.29, 0.717) is 5.41 Å². The van der Waals surface area contributed by atoms with Crippen LogP contribution in [0.15, 0.2) is 60.7 Å². The minimum Gasteiger partial charge on any atom is -0.0991 e. The van der Waals surface area contributed by atoms with Crippen LogP contribution in [0.3, 0.4) is 0 Å². The molecule has 22 heavy (non-hydrogen) atoms. The molecule has 0 N–H and O–H groups in total. The van der Waals surface area contributed by atoms with Crippen molar-refractivity contribution in [1.82, 2.24) is 0 Å². The monoisotopic (exact) mass is 292 g/mol. The molecule has 0 radical (unpaired) electrons. The van der Waals surface area contributed by atoms with Gasteiger partial charge in [0, 0.05) is 5.41 Å². The first-order valence-electron chi connectivity index (χ1n) is 8.40. The summed E-state index contributed by atoms with van der Waals surface area (Å²) in [6, 6.07) is 9.12. The van der Waals surface area contributed by atoms with Crippen LogP contribution in [0.1, 0.15) is 58.1 Å². The van der Waals surface area contributed by atoms with Gasteiger partial charge in [0.2, 0.25) is 0 Å². The maximum atomic E-state index is 3.79. The van der Waals surface area contributed by atoms with Crippen LogP contribution in [0.2, 0.25) is 0 Å². The Morgan fingerprint density at radius 3 is 2.32 bits per heavy atom. The van der Waals surface area contributed by atoms with Crippen LogP contribution in [0.25, 0.3) is 0 Å². The number of allylic oxidation sites excluding steroid dienone is 5. The predicted molar refractivity (Wildman–Crippen MR) is 96.2 cm³/mol. The fourth-order valence-electron chi connectivity index (χ4n) is 5.03. The molecular formula is C22H28. The zero-order valence-electron chi connectivity index (χ0n) is 14.4. The second kappa shape index (κ2) is 4.98. The minimum absolute atomic E-state index is 0.231. The van der Waals surface area contributed by atoms with Gasteiger partial charge >= 0.3 is 0 Å². The molecule has 0 heterocycles. The maximum Gasteiger partial charge on any atom is 0.0181 e. The summed E-state index contributed by atoms with van der Waals surface area (Å²) < 4.78 is 0. The summed E-state index contributed by atoms with van der Waals surface area (Å²) in [5.41, 5.74) is 5.60. The normalized spacial score (nSPS) is 30.3. The van der Waals surface area contributed by atoms with E-state index in [4.69, 9.17) is 0 Å². The van der Waals surface area contributed by atoms with Crippen molar-refractivity contribution in [3.8, 4) is 0 Å². The van der Waals surface area contributed by atoms with E-state index in [-0.39, 0.29) is 10.8 Å². The van der Waals surface area contributed by atoms with Crippen molar-refractivity contribution < 1.29 is 0 Å². The van der Waals surface area contributed by atoms with E-state index in [0.717, 1.165) is 0 Å². The van der Waals surface area contributed by atoms with E-state index < -0.39 is 0 Å². The van der Waals surface area contributed by atoms with Crippen molar-refractivity contribution in [3.63, 3.8) is 0 Å². The quantitative estimate of drug-likeness (QED) is 0.578. The third-order valence-electron chi connectivity index (χ3n) is 5.52. The molecule has 0 saturated heterocycles. The molecular weight excluding hydrogens is 264 g/mol. The van der Waals surface area contributed by atoms with Crippen molar-refractivity contribution in [2.24, 2.45) is 5.41 Å². The van der Waals surface area contributed by atoms with E-state index in [1.165, 1.54) is 19.3 Å². The summed E-state index contributed by atoms with van der Waals surface area (Å²) in [4.78, 5) is 0. The van der Waals surface area contributed by atoms with Gasteiger partial charge in [-0.15, -0.1) is 0 Å². The lowest BCUT2D eigenvalue weighted by molar-refractivity contribution is 0.313. The fraction of sp³-hybridized carbons (Fsp3) is 0.455. The van der Waals surface area contributed by atoms with Crippen LogP contribution < -0.4 is 0 Å². The van der Waals surface area contributed by atoms with Gasteiger partial charge in [0.05, 0.1) is 0 Å². The van der Waals surface area contributed by atoms with Gasteiger partial charge in [-0.2, -0.15) is 0 Å². The van der Waals surface area contributed by atoms with Crippen molar-refractivity contribution in [2.45, 2.75) is 57.8 Å². The zero-order chi connectivity index (χ0) is 16.0. The SMILES string of the molecule is C=CC=CC=C1CC(C)(C)CC12CC(C)(C)c1ccccc12.